The number of benzene rings is 2. The number of halogens is 3. The first kappa shape index (κ1) is 20.3. The largest absolute Gasteiger partial charge is 0.446 e. The lowest BCUT2D eigenvalue weighted by molar-refractivity contribution is -0.0328. The predicted octanol–water partition coefficient (Wildman–Crippen LogP) is 5.59. The zero-order chi connectivity index (χ0) is 25.7. The molecular weight excluding hydrogens is 465 g/mol. The molecule has 2 aromatic heterocycles. The topological polar surface area (TPSA) is 77.0 Å². The zero-order valence-electron chi connectivity index (χ0n) is 20.0. The Morgan fingerprint density at radius 3 is 2.62 bits per heavy atom. The molecule has 0 aliphatic heterocycles. The molecule has 1 N–H and O–H groups in total. The Hall–Kier alpha value is -3.11. The van der Waals surface area contributed by atoms with Crippen molar-refractivity contribution < 1.29 is 25.5 Å². The second-order valence-corrected chi connectivity index (χ2v) is 9.36. The normalized spacial score (nSPS) is 16.3. The first-order valence-electron chi connectivity index (χ1n) is 11.5. The highest BCUT2D eigenvalue weighted by Crippen LogP contribution is 2.47. The molecule has 6 nitrogen and oxygen atoms in total. The van der Waals surface area contributed by atoms with Gasteiger partial charge in [-0.05, 0) is 73.0 Å². The fourth-order valence-corrected chi connectivity index (χ4v) is 4.29. The van der Waals surface area contributed by atoms with Crippen LogP contribution < -0.4 is 0 Å². The molecule has 2 heterocycles. The van der Waals surface area contributed by atoms with Crippen LogP contribution in [0.2, 0.25) is 0 Å². The van der Waals surface area contributed by atoms with Crippen molar-refractivity contribution in [3.05, 3.63) is 71.4 Å². The van der Waals surface area contributed by atoms with Crippen molar-refractivity contribution in [3.63, 3.8) is 0 Å². The van der Waals surface area contributed by atoms with Gasteiger partial charge in [-0.2, -0.15) is 23.3 Å². The van der Waals surface area contributed by atoms with Crippen LogP contribution in [0.25, 0.3) is 23.0 Å². The Kier molecular flexibility index (Phi) is 5.12. The number of thioether (sulfide) groups is 1. The van der Waals surface area contributed by atoms with Crippen LogP contribution in [0.5, 0.6) is 0 Å². The number of nitrogens with zero attached hydrogens (tertiary/aromatic N) is 4. The molecule has 4 aromatic rings. The summed E-state index contributed by atoms with van der Waals surface area (Å²) in [5, 5.41) is 18.5. The van der Waals surface area contributed by atoms with Gasteiger partial charge in [-0.1, -0.05) is 29.4 Å². The highest BCUT2D eigenvalue weighted by atomic mass is 32.2. The van der Waals surface area contributed by atoms with Gasteiger partial charge in [0.05, 0.1) is 15.8 Å². The third kappa shape index (κ3) is 4.74. The fourth-order valence-electron chi connectivity index (χ4n) is 3.76. The lowest BCUT2D eigenvalue weighted by Gasteiger charge is -2.14. The van der Waals surface area contributed by atoms with Crippen LogP contribution in [-0.4, -0.2) is 37.1 Å². The van der Waals surface area contributed by atoms with E-state index in [9.17, 15) is 18.3 Å². The molecule has 176 valence electrons. The van der Waals surface area contributed by atoms with Gasteiger partial charge < -0.3 is 9.63 Å². The summed E-state index contributed by atoms with van der Waals surface area (Å²) in [6.45, 7) is 0.0144. The summed E-state index contributed by atoms with van der Waals surface area (Å²) < 4.78 is 60.3. The van der Waals surface area contributed by atoms with E-state index in [1.807, 2.05) is 31.2 Å². The predicted molar refractivity (Wildman–Crippen MR) is 121 cm³/mol. The van der Waals surface area contributed by atoms with E-state index in [1.54, 1.807) is 10.7 Å². The van der Waals surface area contributed by atoms with Crippen molar-refractivity contribution in [1.82, 2.24) is 19.9 Å². The maximum Gasteiger partial charge on any atom is 0.446 e. The Labute approximate surface area is 200 Å². The van der Waals surface area contributed by atoms with E-state index >= 15 is 0 Å². The standard InChI is InChI=1S/C24H21F3N4O2S/c1-15-11-20(29-31(15)13-16-3-2-4-18(12-16)23(14-32)9-10-23)22-28-21(30-33-22)17-5-7-19(8-6-17)34-24(25,26)27/h2-8,11-12,32H,9-10,13-14H2,1H3/i14D2. The van der Waals surface area contributed by atoms with Gasteiger partial charge in [0.25, 0.3) is 5.89 Å². The molecule has 0 spiro atoms. The average molecular weight is 489 g/mol. The summed E-state index contributed by atoms with van der Waals surface area (Å²) in [7, 11) is 0. The summed E-state index contributed by atoms with van der Waals surface area (Å²) in [5.41, 5.74) is -1.74. The molecule has 5 rings (SSSR count). The van der Waals surface area contributed by atoms with Crippen LogP contribution in [0.15, 0.2) is 64.0 Å². The first-order valence-corrected chi connectivity index (χ1v) is 11.3. The fraction of sp³-hybridized carbons (Fsp3) is 0.292. The Morgan fingerprint density at radius 1 is 1.18 bits per heavy atom. The molecule has 10 heteroatoms. The lowest BCUT2D eigenvalue weighted by Crippen LogP contribution is -2.12. The molecule has 1 saturated carbocycles. The van der Waals surface area contributed by atoms with Gasteiger partial charge in [-0.25, -0.2) is 0 Å². The Bertz CT molecular complexity index is 1390. The minimum absolute atomic E-state index is 0.0659. The quantitative estimate of drug-likeness (QED) is 0.342. The van der Waals surface area contributed by atoms with Crippen LogP contribution in [-0.2, 0) is 12.0 Å². The number of aliphatic hydroxyl groups is 1. The van der Waals surface area contributed by atoms with E-state index in [0.29, 0.717) is 30.6 Å². The smallest absolute Gasteiger partial charge is 0.395 e. The van der Waals surface area contributed by atoms with E-state index in [4.69, 9.17) is 7.26 Å². The lowest BCUT2D eigenvalue weighted by atomic mass is 9.95. The monoisotopic (exact) mass is 488 g/mol. The molecule has 34 heavy (non-hydrogen) atoms. The van der Waals surface area contributed by atoms with Crippen LogP contribution >= 0.6 is 11.8 Å². The van der Waals surface area contributed by atoms with Crippen LogP contribution in [0.3, 0.4) is 0 Å². The third-order valence-corrected chi connectivity index (χ3v) is 6.49. The molecule has 0 radical (unpaired) electrons. The number of aromatic nitrogens is 4. The van der Waals surface area contributed by atoms with Crippen molar-refractivity contribution in [1.29, 1.82) is 0 Å². The summed E-state index contributed by atoms with van der Waals surface area (Å²) in [4.78, 5) is 4.41. The van der Waals surface area contributed by atoms with Gasteiger partial charge in [-0.3, -0.25) is 4.68 Å². The van der Waals surface area contributed by atoms with Gasteiger partial charge in [0.15, 0.2) is 5.69 Å². The average Bonchev–Trinajstić information content (AvgIpc) is 3.36. The van der Waals surface area contributed by atoms with Crippen molar-refractivity contribution in [2.24, 2.45) is 0 Å². The zero-order valence-corrected chi connectivity index (χ0v) is 18.8. The first-order chi connectivity index (χ1) is 16.9. The molecule has 0 amide bonds. The Morgan fingerprint density at radius 2 is 1.94 bits per heavy atom. The third-order valence-electron chi connectivity index (χ3n) is 5.75. The van der Waals surface area contributed by atoms with Crippen LogP contribution in [0.1, 0.15) is 32.4 Å². The van der Waals surface area contributed by atoms with Crippen LogP contribution in [0.4, 0.5) is 13.2 Å². The van der Waals surface area contributed by atoms with Gasteiger partial charge in [0.1, 0.15) is 0 Å². The molecule has 1 aliphatic rings. The summed E-state index contributed by atoms with van der Waals surface area (Å²) in [5.74, 6) is 0.418. The van der Waals surface area contributed by atoms with Crippen molar-refractivity contribution in [2.45, 2.75) is 42.1 Å². The van der Waals surface area contributed by atoms with Gasteiger partial charge in [0, 0.05) is 21.6 Å². The van der Waals surface area contributed by atoms with Gasteiger partial charge >= 0.3 is 5.51 Å². The number of alkyl halides is 3. The van der Waals surface area contributed by atoms with Crippen molar-refractivity contribution in [2.75, 3.05) is 6.56 Å². The molecule has 2 aromatic carbocycles. The van der Waals surface area contributed by atoms with E-state index in [0.717, 1.165) is 16.8 Å². The molecule has 0 saturated heterocycles. The van der Waals surface area contributed by atoms with Gasteiger partial charge in [0.2, 0.25) is 5.82 Å². The molecule has 0 atom stereocenters. The van der Waals surface area contributed by atoms with Crippen LogP contribution in [0, 0.1) is 6.92 Å². The van der Waals surface area contributed by atoms with E-state index in [2.05, 4.69) is 15.2 Å². The summed E-state index contributed by atoms with van der Waals surface area (Å²) in [6, 6.07) is 15.0. The number of hydrogen-bond donors (Lipinski definition) is 1. The Balaban J connectivity index is 1.33. The second-order valence-electron chi connectivity index (χ2n) is 8.22. The number of aryl methyl sites for hydroxylation is 1. The summed E-state index contributed by atoms with van der Waals surface area (Å²) >= 11 is -0.190. The van der Waals surface area contributed by atoms with Gasteiger partial charge in [-0.15, -0.1) is 0 Å². The highest BCUT2D eigenvalue weighted by molar-refractivity contribution is 8.00. The molecular formula is C24H21F3N4O2S. The van der Waals surface area contributed by atoms with E-state index < -0.39 is 17.5 Å². The maximum atomic E-state index is 12.5. The maximum absolute atomic E-state index is 12.5. The highest BCUT2D eigenvalue weighted by Gasteiger charge is 2.43. The minimum atomic E-state index is -4.36. The SMILES string of the molecule is [2H]C([2H])(O)C1(c2cccc(Cn3nc(-c4nc(-c5ccc(SC(F)(F)F)cc5)no4)cc3C)c2)CC1. The summed E-state index contributed by atoms with van der Waals surface area (Å²) in [6.07, 6.45) is 1.18. The van der Waals surface area contributed by atoms with Crippen molar-refractivity contribution >= 4 is 11.8 Å². The molecule has 0 bridgehead atoms. The van der Waals surface area contributed by atoms with E-state index in [-0.39, 0.29) is 28.4 Å². The second kappa shape index (κ2) is 8.59. The minimum Gasteiger partial charge on any atom is -0.395 e. The molecule has 0 unspecified atom stereocenters. The molecule has 1 aliphatic carbocycles. The molecule has 1 fully saturated rings. The number of hydrogen-bond acceptors (Lipinski definition) is 6. The van der Waals surface area contributed by atoms with E-state index in [1.165, 1.54) is 24.3 Å². The number of rotatable bonds is 7. The van der Waals surface area contributed by atoms with Crippen molar-refractivity contribution in [3.8, 4) is 23.0 Å².